The lowest BCUT2D eigenvalue weighted by atomic mass is 10.1. The van der Waals surface area contributed by atoms with Gasteiger partial charge in [-0.1, -0.05) is 0 Å². The Morgan fingerprint density at radius 1 is 1.29 bits per heavy atom. The lowest BCUT2D eigenvalue weighted by Crippen LogP contribution is -2.39. The predicted octanol–water partition coefficient (Wildman–Crippen LogP) is 0.998. The summed E-state index contributed by atoms with van der Waals surface area (Å²) in [4.78, 5) is 0. The molecule has 0 amide bonds. The second-order valence-corrected chi connectivity index (χ2v) is 5.07. The summed E-state index contributed by atoms with van der Waals surface area (Å²) in [6.45, 7) is 1.93. The average Bonchev–Trinajstić information content (AvgIpc) is 3.00. The van der Waals surface area contributed by atoms with E-state index >= 15 is 0 Å². The molecule has 2 N–H and O–H groups in total. The van der Waals surface area contributed by atoms with Gasteiger partial charge in [-0.05, 0) is 32.7 Å². The Balaban J connectivity index is 1.60. The van der Waals surface area contributed by atoms with Crippen molar-refractivity contribution in [3.05, 3.63) is 0 Å². The Kier molecular flexibility index (Phi) is 3.67. The Bertz CT molecular complexity index is 181. The molecular formula is C9H19N3OS. The minimum atomic E-state index is 0.376. The second-order valence-electron chi connectivity index (χ2n) is 4.19. The Morgan fingerprint density at radius 2 is 1.93 bits per heavy atom. The highest BCUT2D eigenvalue weighted by atomic mass is 32.2. The van der Waals surface area contributed by atoms with Crippen molar-refractivity contribution in [3.8, 4) is 0 Å². The highest BCUT2D eigenvalue weighted by Gasteiger charge is 2.28. The van der Waals surface area contributed by atoms with E-state index in [1.165, 1.54) is 25.1 Å². The van der Waals surface area contributed by atoms with Crippen LogP contribution in [0.1, 0.15) is 25.7 Å². The first-order chi connectivity index (χ1) is 6.75. The molecule has 0 aromatic heterocycles. The van der Waals surface area contributed by atoms with E-state index in [4.69, 9.17) is 10.0 Å². The van der Waals surface area contributed by atoms with Crippen LogP contribution in [0.5, 0.6) is 0 Å². The number of hydroxylamine groups is 2. The lowest BCUT2D eigenvalue weighted by molar-refractivity contribution is -0.0595. The summed E-state index contributed by atoms with van der Waals surface area (Å²) >= 11 is 1.47. The third kappa shape index (κ3) is 3.10. The molecule has 1 saturated heterocycles. The number of piperidine rings is 1. The van der Waals surface area contributed by atoms with E-state index < -0.39 is 0 Å². The maximum Gasteiger partial charge on any atom is 0.105 e. The first-order valence-electron chi connectivity index (χ1n) is 5.34. The maximum absolute atomic E-state index is 5.81. The fourth-order valence-corrected chi connectivity index (χ4v) is 2.23. The Labute approximate surface area is 90.0 Å². The van der Waals surface area contributed by atoms with Gasteiger partial charge in [-0.15, -0.1) is 0 Å². The normalized spacial score (nSPS) is 25.9. The van der Waals surface area contributed by atoms with Gasteiger partial charge >= 0.3 is 0 Å². The van der Waals surface area contributed by atoms with Gasteiger partial charge in [-0.2, -0.15) is 5.06 Å². The zero-order valence-corrected chi connectivity index (χ0v) is 9.50. The molecule has 14 heavy (non-hydrogen) atoms. The van der Waals surface area contributed by atoms with Crippen LogP contribution in [0.15, 0.2) is 0 Å². The van der Waals surface area contributed by atoms with Crippen molar-refractivity contribution in [2.75, 3.05) is 20.1 Å². The summed E-state index contributed by atoms with van der Waals surface area (Å²) in [5.41, 5.74) is 5.81. The van der Waals surface area contributed by atoms with Crippen LogP contribution in [0.3, 0.4) is 0 Å². The van der Waals surface area contributed by atoms with Crippen molar-refractivity contribution in [1.29, 1.82) is 0 Å². The van der Waals surface area contributed by atoms with E-state index in [1.807, 2.05) is 5.06 Å². The van der Waals surface area contributed by atoms with Gasteiger partial charge in [0.1, 0.15) is 12.2 Å². The van der Waals surface area contributed by atoms with E-state index in [0.29, 0.717) is 6.04 Å². The van der Waals surface area contributed by atoms with Crippen molar-refractivity contribution >= 4 is 12.2 Å². The van der Waals surface area contributed by atoms with E-state index in [1.54, 1.807) is 0 Å². The van der Waals surface area contributed by atoms with Gasteiger partial charge in [0.15, 0.2) is 0 Å². The Hall–Kier alpha value is 0.190. The van der Waals surface area contributed by atoms with E-state index in [9.17, 15) is 0 Å². The van der Waals surface area contributed by atoms with Crippen LogP contribution in [-0.4, -0.2) is 41.6 Å². The number of rotatable bonds is 4. The minimum absolute atomic E-state index is 0.376. The van der Waals surface area contributed by atoms with Crippen molar-refractivity contribution in [1.82, 2.24) is 9.37 Å². The van der Waals surface area contributed by atoms with Gasteiger partial charge in [-0.25, -0.2) is 8.59 Å². The predicted molar refractivity (Wildman–Crippen MR) is 58.2 cm³/mol. The van der Waals surface area contributed by atoms with Crippen LogP contribution in [0, 0.1) is 0 Å². The summed E-state index contributed by atoms with van der Waals surface area (Å²) < 4.78 is 7.82. The zero-order valence-electron chi connectivity index (χ0n) is 8.69. The van der Waals surface area contributed by atoms with Crippen molar-refractivity contribution in [2.24, 2.45) is 5.73 Å². The van der Waals surface area contributed by atoms with Gasteiger partial charge < -0.3 is 5.73 Å². The highest BCUT2D eigenvalue weighted by molar-refractivity contribution is 7.92. The van der Waals surface area contributed by atoms with Crippen LogP contribution in [0.4, 0.5) is 0 Å². The lowest BCUT2D eigenvalue weighted by Gasteiger charge is -2.29. The fraction of sp³-hybridized carbons (Fsp3) is 1.00. The third-order valence-electron chi connectivity index (χ3n) is 2.82. The second kappa shape index (κ2) is 4.81. The van der Waals surface area contributed by atoms with Crippen LogP contribution >= 0.6 is 12.2 Å². The summed E-state index contributed by atoms with van der Waals surface area (Å²) in [7, 11) is 2.10. The van der Waals surface area contributed by atoms with Gasteiger partial charge in [0.2, 0.25) is 0 Å². The molecule has 1 saturated carbocycles. The molecule has 5 heteroatoms. The molecule has 1 aliphatic heterocycles. The molecule has 82 valence electrons. The molecule has 1 aliphatic carbocycles. The monoisotopic (exact) mass is 217 g/mol. The third-order valence-corrected chi connectivity index (χ3v) is 3.63. The van der Waals surface area contributed by atoms with E-state index in [2.05, 4.69) is 11.4 Å². The maximum atomic E-state index is 5.81. The molecule has 0 spiro atoms. The molecule has 2 fully saturated rings. The average molecular weight is 217 g/mol. The van der Waals surface area contributed by atoms with Gasteiger partial charge in [0, 0.05) is 25.2 Å². The van der Waals surface area contributed by atoms with Crippen molar-refractivity contribution < 1.29 is 4.28 Å². The molecule has 4 nitrogen and oxygen atoms in total. The number of nitrogens with two attached hydrogens (primary N) is 1. The Morgan fingerprint density at radius 3 is 2.50 bits per heavy atom. The summed E-state index contributed by atoms with van der Waals surface area (Å²) in [6, 6.07) is 1.12. The van der Waals surface area contributed by atoms with E-state index in [0.717, 1.165) is 32.0 Å². The van der Waals surface area contributed by atoms with E-state index in [-0.39, 0.29) is 0 Å². The molecule has 0 bridgehead atoms. The number of nitrogens with zero attached hydrogens (tertiary/aromatic N) is 2. The smallest absolute Gasteiger partial charge is 0.105 e. The largest absolute Gasteiger partial charge is 0.328 e. The summed E-state index contributed by atoms with van der Waals surface area (Å²) in [6.07, 6.45) is 4.73. The first-order valence-corrected chi connectivity index (χ1v) is 6.03. The molecule has 2 aliphatic rings. The topological polar surface area (TPSA) is 41.7 Å². The SMILES string of the molecule is CN(SON1CCC(N)CC1)C1CC1. The van der Waals surface area contributed by atoms with Crippen LogP contribution in [0.2, 0.25) is 0 Å². The summed E-state index contributed by atoms with van der Waals surface area (Å²) in [5.74, 6) is 0. The molecule has 0 radical (unpaired) electrons. The van der Waals surface area contributed by atoms with Gasteiger partial charge in [0.25, 0.3) is 0 Å². The quantitative estimate of drug-likeness (QED) is 0.562. The molecule has 0 aromatic carbocycles. The van der Waals surface area contributed by atoms with Gasteiger partial charge in [0.05, 0.1) is 0 Å². The van der Waals surface area contributed by atoms with Crippen LogP contribution in [0.25, 0.3) is 0 Å². The van der Waals surface area contributed by atoms with Crippen LogP contribution in [-0.2, 0) is 4.28 Å². The minimum Gasteiger partial charge on any atom is -0.328 e. The molecule has 1 heterocycles. The molecule has 2 rings (SSSR count). The fourth-order valence-electron chi connectivity index (χ4n) is 1.55. The van der Waals surface area contributed by atoms with Gasteiger partial charge in [-0.3, -0.25) is 0 Å². The molecular weight excluding hydrogens is 198 g/mol. The highest BCUT2D eigenvalue weighted by Crippen LogP contribution is 2.31. The standard InChI is InChI=1S/C9H19N3OS/c1-11(9-2-3-9)14-13-12-6-4-8(10)5-7-12/h8-9H,2-7,10H2,1H3. The first kappa shape index (κ1) is 10.7. The van der Waals surface area contributed by atoms with Crippen molar-refractivity contribution in [2.45, 2.75) is 37.8 Å². The molecule has 0 atom stereocenters. The number of hydrogen-bond donors (Lipinski definition) is 1. The molecule has 0 unspecified atom stereocenters. The molecule has 0 aromatic rings. The number of hydrogen-bond acceptors (Lipinski definition) is 5. The zero-order chi connectivity index (χ0) is 9.97. The van der Waals surface area contributed by atoms with Crippen LogP contribution < -0.4 is 5.73 Å². The van der Waals surface area contributed by atoms with Crippen molar-refractivity contribution in [3.63, 3.8) is 0 Å². The summed E-state index contributed by atoms with van der Waals surface area (Å²) in [5, 5.41) is 2.02.